The third kappa shape index (κ3) is 3.74. The van der Waals surface area contributed by atoms with E-state index in [1.54, 1.807) is 0 Å². The number of carbonyl (C=O) groups excluding carboxylic acids is 2. The van der Waals surface area contributed by atoms with Gasteiger partial charge in [-0.1, -0.05) is 41.5 Å². The lowest BCUT2D eigenvalue weighted by Gasteiger charge is -2.72. The quantitative estimate of drug-likeness (QED) is 0.512. The summed E-state index contributed by atoms with van der Waals surface area (Å²) in [4.78, 5) is 23.3. The van der Waals surface area contributed by atoms with Crippen molar-refractivity contribution in [1.29, 1.82) is 0 Å². The number of fused-ring (bicyclic) bond motifs is 5. The predicted octanol–water partition coefficient (Wildman–Crippen LogP) is 5.92. The van der Waals surface area contributed by atoms with Crippen LogP contribution in [0.3, 0.4) is 0 Å². The van der Waals surface area contributed by atoms with Crippen LogP contribution in [0.1, 0.15) is 107 Å². The van der Waals surface area contributed by atoms with Crippen molar-refractivity contribution in [2.45, 2.75) is 119 Å². The van der Waals surface area contributed by atoms with Crippen molar-refractivity contribution in [2.24, 2.45) is 44.8 Å². The lowest BCUT2D eigenvalue weighted by atomic mass is 9.33. The third-order valence-corrected chi connectivity index (χ3v) is 11.9. The molecule has 0 heterocycles. The first-order valence-corrected chi connectivity index (χ1v) is 13.6. The van der Waals surface area contributed by atoms with Crippen molar-refractivity contribution in [3.8, 4) is 0 Å². The summed E-state index contributed by atoms with van der Waals surface area (Å²) >= 11 is 0. The highest BCUT2D eigenvalue weighted by molar-refractivity contribution is 5.66. The molecule has 3 unspecified atom stereocenters. The first kappa shape index (κ1) is 26.0. The van der Waals surface area contributed by atoms with Gasteiger partial charge in [-0.15, -0.1) is 0 Å². The predicted molar refractivity (Wildman–Crippen MR) is 132 cm³/mol. The molecule has 4 aliphatic carbocycles. The lowest BCUT2D eigenvalue weighted by Crippen LogP contribution is -2.68. The van der Waals surface area contributed by atoms with Crippen LogP contribution in [0.2, 0.25) is 0 Å². The van der Waals surface area contributed by atoms with Gasteiger partial charge in [-0.2, -0.15) is 0 Å². The Balaban J connectivity index is 1.64. The van der Waals surface area contributed by atoms with Crippen LogP contribution >= 0.6 is 0 Å². The summed E-state index contributed by atoms with van der Waals surface area (Å²) in [5.74, 6) is 0.758. The van der Waals surface area contributed by atoms with Crippen LogP contribution in [0, 0.1) is 44.8 Å². The van der Waals surface area contributed by atoms with Gasteiger partial charge in [0.15, 0.2) is 0 Å². The molecule has 4 saturated carbocycles. The number of aliphatic hydroxyl groups excluding tert-OH is 1. The molecule has 4 aliphatic rings. The molecule has 4 rings (SSSR count). The van der Waals surface area contributed by atoms with E-state index in [-0.39, 0.29) is 57.1 Å². The van der Waals surface area contributed by atoms with Crippen molar-refractivity contribution in [1.82, 2.24) is 0 Å². The Morgan fingerprint density at radius 3 is 2.15 bits per heavy atom. The molecule has 1 N–H and O–H groups in total. The standard InChI is InChI=1S/C29H48O5/c1-18(30)33-17-26(5)13-14-28(7)20(16-26)21(32)15-23-27(6)11-10-24(34-19(2)31)25(3,4)22(27)9-12-29(23,28)8/h20-24,32H,9-17H2,1-8H3/t20?,21-,22?,23?,24-,26-,27-,28+,29+/m0/s1. The van der Waals surface area contributed by atoms with Gasteiger partial charge in [-0.05, 0) is 85.4 Å². The van der Waals surface area contributed by atoms with E-state index in [2.05, 4.69) is 41.5 Å². The fraction of sp³-hybridized carbons (Fsp3) is 0.931. The minimum absolute atomic E-state index is 0.0269. The fourth-order valence-corrected chi connectivity index (χ4v) is 9.84. The van der Waals surface area contributed by atoms with Crippen LogP contribution in [-0.4, -0.2) is 35.9 Å². The lowest BCUT2D eigenvalue weighted by molar-refractivity contribution is -0.261. The molecule has 0 radical (unpaired) electrons. The van der Waals surface area contributed by atoms with E-state index in [4.69, 9.17) is 9.47 Å². The van der Waals surface area contributed by atoms with Crippen LogP contribution in [0.15, 0.2) is 0 Å². The zero-order chi connectivity index (χ0) is 25.3. The molecule has 0 bridgehead atoms. The molecular weight excluding hydrogens is 428 g/mol. The molecule has 0 aromatic heterocycles. The Hall–Kier alpha value is -1.10. The fourth-order valence-electron chi connectivity index (χ4n) is 9.84. The zero-order valence-electron chi connectivity index (χ0n) is 22.8. The molecule has 0 aromatic rings. The Labute approximate surface area is 206 Å². The van der Waals surface area contributed by atoms with Crippen LogP contribution < -0.4 is 0 Å². The van der Waals surface area contributed by atoms with Gasteiger partial charge in [0.2, 0.25) is 0 Å². The molecule has 9 atom stereocenters. The first-order valence-electron chi connectivity index (χ1n) is 13.6. The zero-order valence-corrected chi connectivity index (χ0v) is 22.8. The molecule has 34 heavy (non-hydrogen) atoms. The molecule has 0 amide bonds. The number of ether oxygens (including phenoxy) is 2. The second-order valence-electron chi connectivity index (χ2n) is 14.1. The maximum absolute atomic E-state index is 11.8. The van der Waals surface area contributed by atoms with Crippen molar-refractivity contribution >= 4 is 11.9 Å². The Morgan fingerprint density at radius 1 is 0.853 bits per heavy atom. The van der Waals surface area contributed by atoms with E-state index in [0.717, 1.165) is 51.4 Å². The second-order valence-corrected chi connectivity index (χ2v) is 14.1. The van der Waals surface area contributed by atoms with Gasteiger partial charge in [-0.3, -0.25) is 9.59 Å². The van der Waals surface area contributed by atoms with Crippen molar-refractivity contribution in [2.75, 3.05) is 6.61 Å². The summed E-state index contributed by atoms with van der Waals surface area (Å²) in [6.45, 7) is 17.8. The number of hydrogen-bond acceptors (Lipinski definition) is 5. The Bertz CT molecular complexity index is 836. The minimum Gasteiger partial charge on any atom is -0.465 e. The van der Waals surface area contributed by atoms with Crippen molar-refractivity contribution < 1.29 is 24.2 Å². The smallest absolute Gasteiger partial charge is 0.302 e. The number of aliphatic hydroxyl groups is 1. The van der Waals surface area contributed by atoms with Gasteiger partial charge >= 0.3 is 11.9 Å². The molecule has 0 spiro atoms. The van der Waals surface area contributed by atoms with E-state index in [1.807, 2.05) is 0 Å². The van der Waals surface area contributed by atoms with Crippen LogP contribution in [0.5, 0.6) is 0 Å². The SMILES string of the molecule is CC(=O)OC[C@@]1(C)CC[C@]2(C)C(C1)[C@@H](O)CC1[C@@]3(C)CC[C@H](OC(C)=O)C(C)(C)C3CC[C@]12C. The van der Waals surface area contributed by atoms with E-state index in [0.29, 0.717) is 18.4 Å². The summed E-state index contributed by atoms with van der Waals surface area (Å²) in [6.07, 6.45) is 7.78. The number of esters is 2. The van der Waals surface area contributed by atoms with Gasteiger partial charge < -0.3 is 14.6 Å². The van der Waals surface area contributed by atoms with Gasteiger partial charge in [0.1, 0.15) is 6.10 Å². The minimum atomic E-state index is -0.329. The van der Waals surface area contributed by atoms with Gasteiger partial charge in [-0.25, -0.2) is 0 Å². The topological polar surface area (TPSA) is 72.8 Å². The summed E-state index contributed by atoms with van der Waals surface area (Å²) in [7, 11) is 0. The summed E-state index contributed by atoms with van der Waals surface area (Å²) in [5.41, 5.74) is 0.217. The number of carbonyl (C=O) groups is 2. The van der Waals surface area contributed by atoms with Gasteiger partial charge in [0.05, 0.1) is 12.7 Å². The second kappa shape index (κ2) is 8.21. The molecule has 0 saturated heterocycles. The molecule has 5 nitrogen and oxygen atoms in total. The average molecular weight is 477 g/mol. The Kier molecular flexibility index (Phi) is 6.27. The molecule has 4 fully saturated rings. The van der Waals surface area contributed by atoms with Gasteiger partial charge in [0, 0.05) is 24.7 Å². The summed E-state index contributed by atoms with van der Waals surface area (Å²) in [6, 6.07) is 0. The molecule has 194 valence electrons. The molecule has 5 heteroatoms. The van der Waals surface area contributed by atoms with E-state index in [1.165, 1.54) is 13.8 Å². The van der Waals surface area contributed by atoms with Gasteiger partial charge in [0.25, 0.3) is 0 Å². The summed E-state index contributed by atoms with van der Waals surface area (Å²) < 4.78 is 11.3. The monoisotopic (exact) mass is 476 g/mol. The van der Waals surface area contributed by atoms with Crippen molar-refractivity contribution in [3.05, 3.63) is 0 Å². The molecule has 0 aliphatic heterocycles. The number of hydrogen-bond donors (Lipinski definition) is 1. The van der Waals surface area contributed by atoms with Crippen molar-refractivity contribution in [3.63, 3.8) is 0 Å². The highest BCUT2D eigenvalue weighted by Gasteiger charge is 2.69. The average Bonchev–Trinajstić information content (AvgIpc) is 2.72. The van der Waals surface area contributed by atoms with Crippen LogP contribution in [0.4, 0.5) is 0 Å². The highest BCUT2D eigenvalue weighted by atomic mass is 16.5. The van der Waals surface area contributed by atoms with Crippen LogP contribution in [-0.2, 0) is 19.1 Å². The molecular formula is C29H48O5. The largest absolute Gasteiger partial charge is 0.465 e. The third-order valence-electron chi connectivity index (χ3n) is 11.9. The maximum Gasteiger partial charge on any atom is 0.302 e. The molecule has 0 aromatic carbocycles. The Morgan fingerprint density at radius 2 is 1.53 bits per heavy atom. The van der Waals surface area contributed by atoms with E-state index in [9.17, 15) is 14.7 Å². The maximum atomic E-state index is 11.8. The summed E-state index contributed by atoms with van der Waals surface area (Å²) in [5, 5.41) is 11.7. The first-order chi connectivity index (χ1) is 15.6. The van der Waals surface area contributed by atoms with E-state index < -0.39 is 0 Å². The highest BCUT2D eigenvalue weighted by Crippen LogP contribution is 2.74. The van der Waals surface area contributed by atoms with E-state index >= 15 is 0 Å². The normalized spacial score (nSPS) is 49.7. The number of rotatable bonds is 3. The van der Waals surface area contributed by atoms with Crippen LogP contribution in [0.25, 0.3) is 0 Å².